The Balaban J connectivity index is 1.92. The molecule has 0 saturated heterocycles. The Morgan fingerprint density at radius 1 is 1.05 bits per heavy atom. The highest BCUT2D eigenvalue weighted by Gasteiger charge is 2.20. The molecule has 0 saturated carbocycles. The Labute approximate surface area is 122 Å². The summed E-state index contributed by atoms with van der Waals surface area (Å²) in [6, 6.07) is 4.39. The number of rotatable bonds is 2. The topological polar surface area (TPSA) is 20.2 Å². The van der Waals surface area contributed by atoms with Gasteiger partial charge in [-0.25, -0.2) is 0 Å². The molecule has 0 spiro atoms. The Kier molecular flexibility index (Phi) is 3.79. The minimum Gasteiger partial charge on any atom is -0.383 e. The molecule has 2 heterocycles. The first-order chi connectivity index (χ1) is 9.15. The van der Waals surface area contributed by atoms with E-state index >= 15 is 0 Å². The molecular weight excluding hydrogens is 272 g/mol. The third kappa shape index (κ3) is 2.64. The van der Waals surface area contributed by atoms with Gasteiger partial charge >= 0.3 is 0 Å². The Hall–Kier alpha value is -0.640. The molecule has 2 aromatic rings. The van der Waals surface area contributed by atoms with Gasteiger partial charge in [0, 0.05) is 19.5 Å². The quantitative estimate of drug-likeness (QED) is 0.790. The van der Waals surface area contributed by atoms with Crippen molar-refractivity contribution >= 4 is 22.7 Å². The van der Waals surface area contributed by atoms with Gasteiger partial charge in [-0.1, -0.05) is 6.42 Å². The van der Waals surface area contributed by atoms with Crippen molar-refractivity contribution in [2.24, 2.45) is 0 Å². The lowest BCUT2D eigenvalue weighted by molar-refractivity contribution is 0.224. The van der Waals surface area contributed by atoms with Crippen molar-refractivity contribution in [1.82, 2.24) is 0 Å². The van der Waals surface area contributed by atoms with E-state index in [0.29, 0.717) is 0 Å². The van der Waals surface area contributed by atoms with Crippen LogP contribution in [-0.2, 0) is 12.8 Å². The summed E-state index contributed by atoms with van der Waals surface area (Å²) in [5, 5.41) is 10.6. The monoisotopic (exact) mass is 292 g/mol. The molecule has 1 aliphatic rings. The predicted molar refractivity (Wildman–Crippen MR) is 83.4 cm³/mol. The summed E-state index contributed by atoms with van der Waals surface area (Å²) in [5.74, 6) is 0. The highest BCUT2D eigenvalue weighted by molar-refractivity contribution is 7.12. The predicted octanol–water partition coefficient (Wildman–Crippen LogP) is 4.78. The minimum atomic E-state index is -0.429. The van der Waals surface area contributed by atoms with Gasteiger partial charge in [0.2, 0.25) is 0 Å². The summed E-state index contributed by atoms with van der Waals surface area (Å²) >= 11 is 3.60. The summed E-state index contributed by atoms with van der Waals surface area (Å²) in [5.41, 5.74) is 2.58. The number of aryl methyl sites for hydroxylation is 4. The van der Waals surface area contributed by atoms with Crippen LogP contribution < -0.4 is 0 Å². The second-order valence-electron chi connectivity index (χ2n) is 5.43. The highest BCUT2D eigenvalue weighted by atomic mass is 32.1. The molecule has 0 fully saturated rings. The van der Waals surface area contributed by atoms with Crippen LogP contribution in [0.2, 0.25) is 0 Å². The maximum atomic E-state index is 10.6. The van der Waals surface area contributed by atoms with Gasteiger partial charge in [0.25, 0.3) is 0 Å². The number of fused-ring (bicyclic) bond motifs is 1. The molecule has 1 N–H and O–H groups in total. The van der Waals surface area contributed by atoms with Gasteiger partial charge in [0.1, 0.15) is 6.10 Å². The molecule has 19 heavy (non-hydrogen) atoms. The third-order valence-electron chi connectivity index (χ3n) is 3.91. The summed E-state index contributed by atoms with van der Waals surface area (Å²) in [6.07, 6.45) is 5.92. The summed E-state index contributed by atoms with van der Waals surface area (Å²) in [4.78, 5) is 5.17. The molecule has 0 aromatic carbocycles. The molecule has 0 bridgehead atoms. The standard InChI is InChI=1S/C16H20OS2/c1-10-8-13(11(2)18-10)16(17)15-9-12-6-4-3-5-7-14(12)19-15/h8-9,16-17H,3-7H2,1-2H3. The van der Waals surface area contributed by atoms with Crippen LogP contribution in [0.25, 0.3) is 0 Å². The molecule has 102 valence electrons. The SMILES string of the molecule is Cc1cc(C(O)c2cc3c(s2)CCCCC3)c(C)s1. The van der Waals surface area contributed by atoms with E-state index in [0.717, 1.165) is 10.4 Å². The van der Waals surface area contributed by atoms with Crippen LogP contribution in [0.3, 0.4) is 0 Å². The zero-order valence-corrected chi connectivity index (χ0v) is 13.2. The van der Waals surface area contributed by atoms with Gasteiger partial charge in [-0.2, -0.15) is 0 Å². The molecule has 1 atom stereocenters. The van der Waals surface area contributed by atoms with E-state index in [2.05, 4.69) is 26.0 Å². The van der Waals surface area contributed by atoms with Gasteiger partial charge in [-0.15, -0.1) is 22.7 Å². The largest absolute Gasteiger partial charge is 0.383 e. The Bertz CT molecular complexity index is 556. The van der Waals surface area contributed by atoms with E-state index in [4.69, 9.17) is 0 Å². The van der Waals surface area contributed by atoms with Crippen molar-refractivity contribution in [3.8, 4) is 0 Å². The fraction of sp³-hybridized carbons (Fsp3) is 0.500. The van der Waals surface area contributed by atoms with E-state index in [1.54, 1.807) is 11.3 Å². The Morgan fingerprint density at radius 2 is 1.84 bits per heavy atom. The van der Waals surface area contributed by atoms with Crippen LogP contribution in [0.15, 0.2) is 12.1 Å². The van der Waals surface area contributed by atoms with Crippen molar-refractivity contribution in [2.45, 2.75) is 52.1 Å². The van der Waals surface area contributed by atoms with Crippen LogP contribution in [0.1, 0.15) is 56.0 Å². The number of hydrogen-bond donors (Lipinski definition) is 1. The second kappa shape index (κ2) is 5.39. The van der Waals surface area contributed by atoms with E-state index in [9.17, 15) is 5.11 Å². The lowest BCUT2D eigenvalue weighted by Gasteiger charge is -2.07. The smallest absolute Gasteiger partial charge is 0.114 e. The first-order valence-corrected chi connectivity index (χ1v) is 8.65. The van der Waals surface area contributed by atoms with Crippen LogP contribution in [-0.4, -0.2) is 5.11 Å². The number of hydrogen-bond acceptors (Lipinski definition) is 3. The van der Waals surface area contributed by atoms with Crippen LogP contribution in [0.4, 0.5) is 0 Å². The van der Waals surface area contributed by atoms with Crippen LogP contribution >= 0.6 is 22.7 Å². The lowest BCUT2D eigenvalue weighted by atomic mass is 10.1. The maximum Gasteiger partial charge on any atom is 0.114 e. The van der Waals surface area contributed by atoms with Crippen molar-refractivity contribution in [3.63, 3.8) is 0 Å². The van der Waals surface area contributed by atoms with Crippen molar-refractivity contribution < 1.29 is 5.11 Å². The number of aliphatic hydroxyl groups excluding tert-OH is 1. The second-order valence-corrected chi connectivity index (χ2v) is 8.06. The van der Waals surface area contributed by atoms with Gasteiger partial charge in [-0.3, -0.25) is 0 Å². The van der Waals surface area contributed by atoms with E-state index < -0.39 is 6.10 Å². The van der Waals surface area contributed by atoms with Crippen LogP contribution in [0, 0.1) is 13.8 Å². The van der Waals surface area contributed by atoms with Gasteiger partial charge in [0.15, 0.2) is 0 Å². The molecule has 1 unspecified atom stereocenters. The average Bonchev–Trinajstić information content (AvgIpc) is 2.85. The molecule has 3 rings (SSSR count). The summed E-state index contributed by atoms with van der Waals surface area (Å²) in [7, 11) is 0. The fourth-order valence-electron chi connectivity index (χ4n) is 2.90. The normalized spacial score (nSPS) is 17.0. The van der Waals surface area contributed by atoms with Crippen molar-refractivity contribution in [1.29, 1.82) is 0 Å². The zero-order chi connectivity index (χ0) is 13.4. The molecule has 3 heteroatoms. The molecule has 0 aliphatic heterocycles. The van der Waals surface area contributed by atoms with Gasteiger partial charge in [-0.05, 0) is 62.8 Å². The minimum absolute atomic E-state index is 0.429. The van der Waals surface area contributed by atoms with Crippen LogP contribution in [0.5, 0.6) is 0 Å². The molecule has 0 amide bonds. The fourth-order valence-corrected chi connectivity index (χ4v) is 5.12. The van der Waals surface area contributed by atoms with E-state index in [1.165, 1.54) is 52.3 Å². The van der Waals surface area contributed by atoms with Crippen molar-refractivity contribution in [2.75, 3.05) is 0 Å². The molecular formula is C16H20OS2. The first kappa shape index (κ1) is 13.3. The lowest BCUT2D eigenvalue weighted by Crippen LogP contribution is -1.96. The molecule has 2 aromatic heterocycles. The Morgan fingerprint density at radius 3 is 2.58 bits per heavy atom. The molecule has 1 aliphatic carbocycles. The van der Waals surface area contributed by atoms with E-state index in [1.807, 2.05) is 11.3 Å². The zero-order valence-electron chi connectivity index (χ0n) is 11.5. The van der Waals surface area contributed by atoms with Gasteiger partial charge in [0.05, 0.1) is 0 Å². The van der Waals surface area contributed by atoms with E-state index in [-0.39, 0.29) is 0 Å². The number of aliphatic hydroxyl groups is 1. The maximum absolute atomic E-state index is 10.6. The highest BCUT2D eigenvalue weighted by Crippen LogP contribution is 2.37. The number of thiophene rings is 2. The summed E-state index contributed by atoms with van der Waals surface area (Å²) < 4.78 is 0. The third-order valence-corrected chi connectivity index (χ3v) is 6.18. The molecule has 0 radical (unpaired) electrons. The van der Waals surface area contributed by atoms with Crippen molar-refractivity contribution in [3.05, 3.63) is 42.8 Å². The van der Waals surface area contributed by atoms with Gasteiger partial charge < -0.3 is 5.11 Å². The molecule has 1 nitrogen and oxygen atoms in total. The average molecular weight is 292 g/mol. The first-order valence-electron chi connectivity index (χ1n) is 7.01. The summed E-state index contributed by atoms with van der Waals surface area (Å²) in [6.45, 7) is 4.21.